The molecule has 2 rings (SSSR count). The van der Waals surface area contributed by atoms with Gasteiger partial charge >= 0.3 is 0 Å². The van der Waals surface area contributed by atoms with Crippen LogP contribution in [-0.2, 0) is 4.79 Å². The number of halogens is 1. The number of carbonyl (C=O) groups excluding carboxylic acids is 1. The molecule has 108 valence electrons. The molecule has 0 spiro atoms. The fraction of sp³-hybridized carbons (Fsp3) is 0.200. The molecule has 1 aromatic heterocycles. The number of rotatable bonds is 6. The van der Waals surface area contributed by atoms with Gasteiger partial charge in [-0.25, -0.2) is 0 Å². The highest BCUT2D eigenvalue weighted by atomic mass is 32.2. The first-order valence-corrected chi connectivity index (χ1v) is 6.99. The van der Waals surface area contributed by atoms with E-state index in [-0.39, 0.29) is 18.4 Å². The number of aromatic nitrogens is 1. The summed E-state index contributed by atoms with van der Waals surface area (Å²) in [5.41, 5.74) is 2.64. The minimum atomic E-state index is -1.93. The van der Waals surface area contributed by atoms with Gasteiger partial charge < -0.3 is 0 Å². The fourth-order valence-corrected chi connectivity index (χ4v) is 2.38. The molecule has 6 heteroatoms. The van der Waals surface area contributed by atoms with E-state index in [4.69, 9.17) is 0 Å². The number of aldehydes is 1. The number of hydrogen-bond donors (Lipinski definition) is 0. The molecule has 0 bridgehead atoms. The van der Waals surface area contributed by atoms with Crippen molar-refractivity contribution in [2.75, 3.05) is 0 Å². The Bertz CT molecular complexity index is 611. The van der Waals surface area contributed by atoms with Crippen LogP contribution in [-0.4, -0.2) is 16.1 Å². The van der Waals surface area contributed by atoms with Crippen molar-refractivity contribution >= 4 is 18.4 Å². The Morgan fingerprint density at radius 2 is 1.76 bits per heavy atom. The zero-order valence-corrected chi connectivity index (χ0v) is 12.1. The molecule has 0 aliphatic rings. The van der Waals surface area contributed by atoms with Crippen molar-refractivity contribution in [1.29, 1.82) is 0 Å². The highest BCUT2D eigenvalue weighted by molar-refractivity contribution is 7.96. The third-order valence-corrected chi connectivity index (χ3v) is 4.25. The minimum Gasteiger partial charge on any atom is -0.299 e. The predicted molar refractivity (Wildman–Crippen MR) is 81.4 cm³/mol. The van der Waals surface area contributed by atoms with Gasteiger partial charge in [-0.3, -0.25) is 9.78 Å². The molecule has 1 heterocycles. The number of pyridine rings is 1. The van der Waals surface area contributed by atoms with Crippen molar-refractivity contribution in [3.8, 4) is 11.1 Å². The van der Waals surface area contributed by atoms with Crippen LogP contribution in [0.4, 0.5) is 3.89 Å². The number of benzene rings is 1. The minimum absolute atomic E-state index is 0.256. The third-order valence-electron chi connectivity index (χ3n) is 3.48. The Morgan fingerprint density at radius 3 is 2.24 bits per heavy atom. The van der Waals surface area contributed by atoms with Gasteiger partial charge in [0.1, 0.15) is 0 Å². The lowest BCUT2D eigenvalue weighted by Gasteiger charge is -2.22. The van der Waals surface area contributed by atoms with Gasteiger partial charge in [-0.2, -0.15) is 3.89 Å². The molecule has 0 N–H and O–H groups in total. The second kappa shape index (κ2) is 6.58. The van der Waals surface area contributed by atoms with Crippen molar-refractivity contribution in [3.05, 3.63) is 59.3 Å². The smallest absolute Gasteiger partial charge is 0.239 e. The van der Waals surface area contributed by atoms with E-state index in [9.17, 15) is 13.6 Å². The predicted octanol–water partition coefficient (Wildman–Crippen LogP) is 4.13. The SMILES string of the molecule is CC(c1ccc(-c2ccncc2)cc1)C(C=O)(N=O)SF. The molecule has 1 aromatic carbocycles. The summed E-state index contributed by atoms with van der Waals surface area (Å²) in [4.78, 5) is 23.9. The normalized spacial score (nSPS) is 15.0. The van der Waals surface area contributed by atoms with Crippen molar-refractivity contribution in [1.82, 2.24) is 4.98 Å². The van der Waals surface area contributed by atoms with Gasteiger partial charge in [0.15, 0.2) is 6.29 Å². The summed E-state index contributed by atoms with van der Waals surface area (Å²) in [6.45, 7) is 1.60. The highest BCUT2D eigenvalue weighted by Gasteiger charge is 2.41. The maximum Gasteiger partial charge on any atom is 0.239 e. The first kappa shape index (κ1) is 15.3. The van der Waals surface area contributed by atoms with Gasteiger partial charge in [-0.05, 0) is 34.0 Å². The van der Waals surface area contributed by atoms with Crippen molar-refractivity contribution in [2.45, 2.75) is 17.7 Å². The monoisotopic (exact) mass is 304 g/mol. The van der Waals surface area contributed by atoms with E-state index in [0.717, 1.165) is 11.1 Å². The first-order chi connectivity index (χ1) is 10.2. The van der Waals surface area contributed by atoms with Crippen LogP contribution in [0.2, 0.25) is 0 Å². The summed E-state index contributed by atoms with van der Waals surface area (Å²) < 4.78 is 13.0. The van der Waals surface area contributed by atoms with Gasteiger partial charge in [0.05, 0.1) is 12.1 Å². The average molecular weight is 304 g/mol. The van der Waals surface area contributed by atoms with Crippen LogP contribution in [0.5, 0.6) is 0 Å². The summed E-state index contributed by atoms with van der Waals surface area (Å²) in [5, 5.41) is 2.68. The van der Waals surface area contributed by atoms with Gasteiger partial charge in [0.2, 0.25) is 4.87 Å². The second-order valence-electron chi connectivity index (χ2n) is 4.62. The zero-order chi connectivity index (χ0) is 15.3. The molecule has 2 aromatic rings. The van der Waals surface area contributed by atoms with Crippen LogP contribution in [0.1, 0.15) is 18.4 Å². The molecule has 21 heavy (non-hydrogen) atoms. The summed E-state index contributed by atoms with van der Waals surface area (Å²) >= 11 is -0.335. The molecule has 4 nitrogen and oxygen atoms in total. The summed E-state index contributed by atoms with van der Waals surface area (Å²) in [6, 6.07) is 11.0. The Balaban J connectivity index is 2.31. The van der Waals surface area contributed by atoms with E-state index < -0.39 is 10.8 Å². The van der Waals surface area contributed by atoms with Crippen LogP contribution in [0.15, 0.2) is 54.0 Å². The number of nitrogens with zero attached hydrogens (tertiary/aromatic N) is 2. The Hall–Kier alpha value is -2.08. The van der Waals surface area contributed by atoms with Gasteiger partial charge in [-0.1, -0.05) is 31.2 Å². The number of hydrogen-bond acceptors (Lipinski definition) is 5. The molecule has 0 aliphatic carbocycles. The largest absolute Gasteiger partial charge is 0.299 e. The summed E-state index contributed by atoms with van der Waals surface area (Å²) in [6.07, 6.45) is 3.64. The van der Waals surface area contributed by atoms with Gasteiger partial charge in [0, 0.05) is 18.3 Å². The molecule has 0 saturated carbocycles. The molecule has 0 aliphatic heterocycles. The van der Waals surface area contributed by atoms with Crippen LogP contribution >= 0.6 is 12.1 Å². The lowest BCUT2D eigenvalue weighted by molar-refractivity contribution is -0.110. The van der Waals surface area contributed by atoms with Gasteiger partial charge in [-0.15, -0.1) is 4.91 Å². The van der Waals surface area contributed by atoms with E-state index in [1.807, 2.05) is 24.3 Å². The van der Waals surface area contributed by atoms with Crippen LogP contribution in [0.25, 0.3) is 11.1 Å². The van der Waals surface area contributed by atoms with E-state index in [2.05, 4.69) is 10.2 Å². The molecule has 0 radical (unpaired) electrons. The molecule has 2 unspecified atom stereocenters. The standard InChI is InChI=1S/C15H13FN2O2S/c1-11(15(10-19,18-20)21-16)12-2-4-13(5-3-12)14-6-8-17-9-7-14/h2-11H,1H3. The maximum absolute atomic E-state index is 13.0. The molecule has 0 amide bonds. The molecule has 0 fully saturated rings. The van der Waals surface area contributed by atoms with Gasteiger partial charge in [0.25, 0.3) is 0 Å². The lowest BCUT2D eigenvalue weighted by Crippen LogP contribution is -2.29. The molecule has 0 saturated heterocycles. The average Bonchev–Trinajstić information content (AvgIpc) is 2.58. The van der Waals surface area contributed by atoms with E-state index in [1.165, 1.54) is 0 Å². The topological polar surface area (TPSA) is 59.4 Å². The number of carbonyl (C=O) groups is 1. The Labute approximate surface area is 126 Å². The van der Waals surface area contributed by atoms with Crippen molar-refractivity contribution in [2.24, 2.45) is 5.18 Å². The lowest BCUT2D eigenvalue weighted by atomic mass is 9.92. The third kappa shape index (κ3) is 3.00. The molecular formula is C15H13FN2O2S. The quantitative estimate of drug-likeness (QED) is 0.594. The van der Waals surface area contributed by atoms with Crippen molar-refractivity contribution in [3.63, 3.8) is 0 Å². The van der Waals surface area contributed by atoms with E-state index in [0.29, 0.717) is 5.56 Å². The summed E-state index contributed by atoms with van der Waals surface area (Å²) in [7, 11) is 0. The first-order valence-electron chi connectivity index (χ1n) is 6.28. The molecule has 2 atom stereocenters. The summed E-state index contributed by atoms with van der Waals surface area (Å²) in [5.74, 6) is -0.658. The van der Waals surface area contributed by atoms with Crippen LogP contribution < -0.4 is 0 Å². The fourth-order valence-electron chi connectivity index (χ4n) is 2.05. The van der Waals surface area contributed by atoms with Crippen LogP contribution in [0, 0.1) is 4.91 Å². The number of nitroso groups, excluding NO2 is 1. The highest BCUT2D eigenvalue weighted by Crippen LogP contribution is 2.40. The second-order valence-corrected chi connectivity index (χ2v) is 5.43. The zero-order valence-electron chi connectivity index (χ0n) is 11.3. The van der Waals surface area contributed by atoms with E-state index in [1.54, 1.807) is 31.5 Å². The van der Waals surface area contributed by atoms with Crippen molar-refractivity contribution < 1.29 is 8.68 Å². The van der Waals surface area contributed by atoms with Crippen LogP contribution in [0.3, 0.4) is 0 Å². The maximum atomic E-state index is 13.0. The Morgan fingerprint density at radius 1 is 1.19 bits per heavy atom. The Kier molecular flexibility index (Phi) is 4.80. The molecular weight excluding hydrogens is 291 g/mol. The van der Waals surface area contributed by atoms with E-state index >= 15 is 0 Å².